The fraction of sp³-hybridized carbons (Fsp3) is 0.857. The molecule has 0 aliphatic heterocycles. The molecule has 0 aromatic rings. The summed E-state index contributed by atoms with van der Waals surface area (Å²) in [4.78, 5) is 35.6. The van der Waals surface area contributed by atoms with Crippen LogP contribution in [0.15, 0.2) is 0 Å². The van der Waals surface area contributed by atoms with Gasteiger partial charge in [-0.2, -0.15) is 0 Å². The SMILES string of the molecule is CC(C)OCCC(=O)NCCOCCC(=O)NC1CCC(C(=O)C(C)C)CC1.[HH].[HH]. The number of ether oxygens (including phenoxy) is 2. The van der Waals surface area contributed by atoms with Gasteiger partial charge in [-0.05, 0) is 39.5 Å². The molecular weight excluding hydrogens is 360 g/mol. The summed E-state index contributed by atoms with van der Waals surface area (Å²) in [5.74, 6) is 0.509. The molecule has 7 heteroatoms. The molecule has 2 N–H and O–H groups in total. The molecule has 0 heterocycles. The fourth-order valence-electron chi connectivity index (χ4n) is 3.30. The summed E-state index contributed by atoms with van der Waals surface area (Å²) in [7, 11) is 0. The van der Waals surface area contributed by atoms with Gasteiger partial charge in [-0.15, -0.1) is 0 Å². The van der Waals surface area contributed by atoms with Crippen molar-refractivity contribution in [3.05, 3.63) is 0 Å². The highest BCUT2D eigenvalue weighted by atomic mass is 16.5. The van der Waals surface area contributed by atoms with E-state index in [-0.39, 0.29) is 38.6 Å². The Morgan fingerprint density at radius 3 is 2.18 bits per heavy atom. The molecule has 0 aromatic heterocycles. The van der Waals surface area contributed by atoms with Gasteiger partial charge in [0.25, 0.3) is 0 Å². The van der Waals surface area contributed by atoms with Crippen molar-refractivity contribution in [1.82, 2.24) is 10.6 Å². The molecule has 0 bridgehead atoms. The largest absolute Gasteiger partial charge is 0.379 e. The third-order valence-corrected chi connectivity index (χ3v) is 4.89. The van der Waals surface area contributed by atoms with Crippen LogP contribution in [0.1, 0.15) is 69.1 Å². The van der Waals surface area contributed by atoms with E-state index in [2.05, 4.69) is 10.6 Å². The van der Waals surface area contributed by atoms with Crippen LogP contribution in [0.4, 0.5) is 0 Å². The number of hydrogen-bond donors (Lipinski definition) is 2. The lowest BCUT2D eigenvalue weighted by molar-refractivity contribution is -0.127. The summed E-state index contributed by atoms with van der Waals surface area (Å²) in [6.45, 7) is 9.31. The lowest BCUT2D eigenvalue weighted by Crippen LogP contribution is -2.39. The van der Waals surface area contributed by atoms with E-state index < -0.39 is 0 Å². The van der Waals surface area contributed by atoms with Crippen molar-refractivity contribution >= 4 is 17.6 Å². The van der Waals surface area contributed by atoms with E-state index in [9.17, 15) is 14.4 Å². The molecule has 0 aromatic carbocycles. The molecule has 0 spiro atoms. The van der Waals surface area contributed by atoms with Crippen LogP contribution in [-0.4, -0.2) is 56.1 Å². The van der Waals surface area contributed by atoms with Gasteiger partial charge in [0.1, 0.15) is 5.78 Å². The zero-order valence-corrected chi connectivity index (χ0v) is 17.9. The second-order valence-corrected chi connectivity index (χ2v) is 8.06. The highest BCUT2D eigenvalue weighted by Gasteiger charge is 2.28. The van der Waals surface area contributed by atoms with Crippen LogP contribution in [0.3, 0.4) is 0 Å². The van der Waals surface area contributed by atoms with E-state index in [0.29, 0.717) is 45.0 Å². The molecule has 0 saturated heterocycles. The first-order valence-corrected chi connectivity index (χ1v) is 10.6. The highest BCUT2D eigenvalue weighted by Crippen LogP contribution is 2.27. The lowest BCUT2D eigenvalue weighted by atomic mass is 9.80. The maximum atomic E-state index is 12.0. The van der Waals surface area contributed by atoms with E-state index in [1.54, 1.807) is 0 Å². The number of amides is 2. The Labute approximate surface area is 172 Å². The molecule has 0 atom stereocenters. The van der Waals surface area contributed by atoms with Crippen molar-refractivity contribution in [2.45, 2.75) is 78.4 Å². The number of Topliss-reactive ketones (excluding diaryl/α,β-unsaturated/α-hetero) is 1. The molecule has 7 nitrogen and oxygen atoms in total. The predicted molar refractivity (Wildman–Crippen MR) is 112 cm³/mol. The summed E-state index contributed by atoms with van der Waals surface area (Å²) in [6, 6.07) is 0.163. The summed E-state index contributed by atoms with van der Waals surface area (Å²) in [5.41, 5.74) is 0. The van der Waals surface area contributed by atoms with Gasteiger partial charge < -0.3 is 20.1 Å². The Morgan fingerprint density at radius 1 is 0.929 bits per heavy atom. The standard InChI is InChI=1S/C21H38N2O5.2H2/c1-15(2)21(26)17-5-7-18(8-6-17)23-20(25)9-12-27-14-11-22-19(24)10-13-28-16(3)4;;/h15-18H,5-14H2,1-4H3,(H,22,24)(H,23,25);2*1H. The Morgan fingerprint density at radius 2 is 1.57 bits per heavy atom. The summed E-state index contributed by atoms with van der Waals surface area (Å²) in [6.07, 6.45) is 4.22. The molecular formula is C21H42N2O5. The quantitative estimate of drug-likeness (QED) is 0.462. The van der Waals surface area contributed by atoms with E-state index >= 15 is 0 Å². The van der Waals surface area contributed by atoms with Crippen LogP contribution in [0.5, 0.6) is 0 Å². The van der Waals surface area contributed by atoms with Crippen molar-refractivity contribution in [2.24, 2.45) is 11.8 Å². The minimum absolute atomic E-state index is 0. The maximum absolute atomic E-state index is 12.0. The van der Waals surface area contributed by atoms with Crippen LogP contribution in [-0.2, 0) is 23.9 Å². The van der Waals surface area contributed by atoms with Crippen molar-refractivity contribution in [2.75, 3.05) is 26.4 Å². The second kappa shape index (κ2) is 13.7. The third kappa shape index (κ3) is 10.8. The Bertz CT molecular complexity index is 496. The first-order valence-electron chi connectivity index (χ1n) is 10.6. The van der Waals surface area contributed by atoms with Crippen LogP contribution in [0.25, 0.3) is 0 Å². The molecule has 1 fully saturated rings. The number of carbonyl (C=O) groups is 3. The Kier molecular flexibility index (Phi) is 12.0. The molecule has 1 saturated carbocycles. The number of carbonyl (C=O) groups excluding carboxylic acids is 3. The van der Waals surface area contributed by atoms with Crippen LogP contribution in [0, 0.1) is 11.8 Å². The van der Waals surface area contributed by atoms with Crippen molar-refractivity contribution < 1.29 is 26.7 Å². The number of nitrogens with one attached hydrogen (secondary N) is 2. The molecule has 1 aliphatic rings. The average molecular weight is 403 g/mol. The van der Waals surface area contributed by atoms with Gasteiger partial charge in [0, 0.05) is 40.1 Å². The van der Waals surface area contributed by atoms with Crippen LogP contribution < -0.4 is 10.6 Å². The lowest BCUT2D eigenvalue weighted by Gasteiger charge is -2.29. The maximum Gasteiger partial charge on any atom is 0.222 e. The number of hydrogen-bond acceptors (Lipinski definition) is 5. The predicted octanol–water partition coefficient (Wildman–Crippen LogP) is 2.72. The number of ketones is 1. The van der Waals surface area contributed by atoms with Crippen LogP contribution >= 0.6 is 0 Å². The molecule has 28 heavy (non-hydrogen) atoms. The van der Waals surface area contributed by atoms with E-state index in [4.69, 9.17) is 9.47 Å². The molecule has 0 radical (unpaired) electrons. The van der Waals surface area contributed by atoms with Gasteiger partial charge >= 0.3 is 0 Å². The third-order valence-electron chi connectivity index (χ3n) is 4.89. The summed E-state index contributed by atoms with van der Waals surface area (Å²) >= 11 is 0. The van der Waals surface area contributed by atoms with Gasteiger partial charge in [0.2, 0.25) is 11.8 Å². The van der Waals surface area contributed by atoms with Crippen molar-refractivity contribution in [3.8, 4) is 0 Å². The summed E-state index contributed by atoms with van der Waals surface area (Å²) in [5, 5.41) is 5.79. The fourth-order valence-corrected chi connectivity index (χ4v) is 3.30. The first kappa shape index (κ1) is 24.6. The smallest absolute Gasteiger partial charge is 0.222 e. The van der Waals surface area contributed by atoms with Gasteiger partial charge in [0.15, 0.2) is 0 Å². The summed E-state index contributed by atoms with van der Waals surface area (Å²) < 4.78 is 10.7. The Hall–Kier alpha value is -1.47. The zero-order chi connectivity index (χ0) is 20.9. The van der Waals surface area contributed by atoms with Gasteiger partial charge in [-0.3, -0.25) is 14.4 Å². The average Bonchev–Trinajstić information content (AvgIpc) is 2.64. The van der Waals surface area contributed by atoms with Gasteiger partial charge in [-0.25, -0.2) is 0 Å². The van der Waals surface area contributed by atoms with Crippen molar-refractivity contribution in [3.63, 3.8) is 0 Å². The normalized spacial score (nSPS) is 19.6. The second-order valence-electron chi connectivity index (χ2n) is 8.06. The van der Waals surface area contributed by atoms with E-state index in [1.165, 1.54) is 0 Å². The van der Waals surface area contributed by atoms with Crippen molar-refractivity contribution in [1.29, 1.82) is 0 Å². The molecule has 0 unspecified atom stereocenters. The van der Waals surface area contributed by atoms with Gasteiger partial charge in [-0.1, -0.05) is 13.8 Å². The molecule has 1 rings (SSSR count). The highest BCUT2D eigenvalue weighted by molar-refractivity contribution is 5.83. The molecule has 166 valence electrons. The topological polar surface area (TPSA) is 93.7 Å². The van der Waals surface area contributed by atoms with E-state index in [1.807, 2.05) is 27.7 Å². The number of rotatable bonds is 13. The Balaban J connectivity index is 0. The molecule has 1 aliphatic carbocycles. The minimum Gasteiger partial charge on any atom is -0.379 e. The monoisotopic (exact) mass is 402 g/mol. The van der Waals surface area contributed by atoms with Crippen LogP contribution in [0.2, 0.25) is 0 Å². The minimum atomic E-state index is -0.0615. The first-order chi connectivity index (χ1) is 13.3. The van der Waals surface area contributed by atoms with E-state index in [0.717, 1.165) is 25.7 Å². The zero-order valence-electron chi connectivity index (χ0n) is 17.9. The molecule has 2 amide bonds. The van der Waals surface area contributed by atoms with Gasteiger partial charge in [0.05, 0.1) is 25.9 Å².